The van der Waals surface area contributed by atoms with Crippen LogP contribution < -0.4 is 0 Å². The molecule has 0 saturated carbocycles. The van der Waals surface area contributed by atoms with Crippen LogP contribution in [-0.2, 0) is 19.0 Å². The third kappa shape index (κ3) is 6.86. The molecule has 0 N–H and O–H groups in total. The summed E-state index contributed by atoms with van der Waals surface area (Å²) in [5.74, 6) is -0.194. The molecule has 0 aliphatic rings. The second kappa shape index (κ2) is 7.76. The van der Waals surface area contributed by atoms with Gasteiger partial charge in [-0.15, -0.1) is 0 Å². The van der Waals surface area contributed by atoms with E-state index in [4.69, 9.17) is 14.2 Å². The molecule has 0 aliphatic carbocycles. The predicted octanol–water partition coefficient (Wildman–Crippen LogP) is 1.38. The highest BCUT2D eigenvalue weighted by Gasteiger charge is 2.08. The van der Waals surface area contributed by atoms with Gasteiger partial charge in [0.1, 0.15) is 6.10 Å². The summed E-state index contributed by atoms with van der Waals surface area (Å²) in [5, 5.41) is 0. The number of hydrogen-bond acceptors (Lipinski definition) is 4. The normalized spacial score (nSPS) is 14.9. The third-order valence-corrected chi connectivity index (χ3v) is 1.73. The topological polar surface area (TPSA) is 44.8 Å². The lowest BCUT2D eigenvalue weighted by atomic mass is 10.4. The van der Waals surface area contributed by atoms with Crippen molar-refractivity contribution in [2.45, 2.75) is 39.4 Å². The molecule has 0 saturated heterocycles. The highest BCUT2D eigenvalue weighted by atomic mass is 16.6. The zero-order valence-corrected chi connectivity index (χ0v) is 9.41. The number of hydrogen-bond donors (Lipinski definition) is 0. The van der Waals surface area contributed by atoms with Crippen LogP contribution in [0.4, 0.5) is 0 Å². The Morgan fingerprint density at radius 2 is 1.79 bits per heavy atom. The Hall–Kier alpha value is -0.610. The van der Waals surface area contributed by atoms with Crippen LogP contribution in [-0.4, -0.2) is 38.5 Å². The van der Waals surface area contributed by atoms with E-state index in [2.05, 4.69) is 0 Å². The van der Waals surface area contributed by atoms with Gasteiger partial charge in [0.15, 0.2) is 0 Å². The van der Waals surface area contributed by atoms with Gasteiger partial charge < -0.3 is 14.2 Å². The molecule has 0 amide bonds. The molecule has 0 aromatic rings. The first-order chi connectivity index (χ1) is 6.60. The first-order valence-electron chi connectivity index (χ1n) is 4.90. The van der Waals surface area contributed by atoms with E-state index in [0.29, 0.717) is 19.6 Å². The average molecular weight is 204 g/mol. The Morgan fingerprint density at radius 3 is 2.29 bits per heavy atom. The summed E-state index contributed by atoms with van der Waals surface area (Å²) in [7, 11) is 1.63. The molecule has 0 heterocycles. The van der Waals surface area contributed by atoms with Gasteiger partial charge in [-0.3, -0.25) is 4.79 Å². The Morgan fingerprint density at radius 1 is 1.21 bits per heavy atom. The molecule has 0 fully saturated rings. The van der Waals surface area contributed by atoms with E-state index in [0.717, 1.165) is 0 Å². The fourth-order valence-electron chi connectivity index (χ4n) is 0.810. The van der Waals surface area contributed by atoms with Crippen LogP contribution in [0, 0.1) is 0 Å². The molecule has 2 unspecified atom stereocenters. The summed E-state index contributed by atoms with van der Waals surface area (Å²) >= 11 is 0. The molecule has 2 atom stereocenters. The zero-order valence-electron chi connectivity index (χ0n) is 9.41. The zero-order chi connectivity index (χ0) is 11.0. The SMILES string of the molecule is CCC(=O)OC(C)COCC(C)OC. The van der Waals surface area contributed by atoms with Crippen molar-refractivity contribution in [3.63, 3.8) is 0 Å². The first-order valence-corrected chi connectivity index (χ1v) is 4.90. The van der Waals surface area contributed by atoms with Crippen molar-refractivity contribution < 1.29 is 19.0 Å². The van der Waals surface area contributed by atoms with Gasteiger partial charge in [0.25, 0.3) is 0 Å². The van der Waals surface area contributed by atoms with E-state index in [-0.39, 0.29) is 18.2 Å². The van der Waals surface area contributed by atoms with Gasteiger partial charge in [0.2, 0.25) is 0 Å². The first kappa shape index (κ1) is 13.4. The molecule has 4 nitrogen and oxygen atoms in total. The monoisotopic (exact) mass is 204 g/mol. The van der Waals surface area contributed by atoms with Gasteiger partial charge in [0, 0.05) is 13.5 Å². The van der Waals surface area contributed by atoms with E-state index in [1.54, 1.807) is 14.0 Å². The Bertz CT molecular complexity index is 158. The minimum Gasteiger partial charge on any atom is -0.460 e. The molecular weight excluding hydrogens is 184 g/mol. The molecule has 0 rings (SSSR count). The average Bonchev–Trinajstić information content (AvgIpc) is 2.17. The smallest absolute Gasteiger partial charge is 0.305 e. The molecule has 0 aromatic heterocycles. The second-order valence-electron chi connectivity index (χ2n) is 3.24. The molecule has 0 bridgehead atoms. The largest absolute Gasteiger partial charge is 0.460 e. The molecule has 84 valence electrons. The number of carbonyl (C=O) groups is 1. The van der Waals surface area contributed by atoms with E-state index >= 15 is 0 Å². The van der Waals surface area contributed by atoms with Crippen molar-refractivity contribution in [2.75, 3.05) is 20.3 Å². The lowest BCUT2D eigenvalue weighted by Crippen LogP contribution is -2.23. The highest BCUT2D eigenvalue weighted by Crippen LogP contribution is 1.97. The minimum atomic E-state index is -0.194. The number of ether oxygens (including phenoxy) is 3. The maximum absolute atomic E-state index is 10.9. The summed E-state index contributed by atoms with van der Waals surface area (Å²) in [6, 6.07) is 0. The van der Waals surface area contributed by atoms with Crippen LogP contribution in [0.2, 0.25) is 0 Å². The summed E-state index contributed by atoms with van der Waals surface area (Å²) < 4.78 is 15.3. The van der Waals surface area contributed by atoms with Crippen molar-refractivity contribution in [1.82, 2.24) is 0 Å². The van der Waals surface area contributed by atoms with Gasteiger partial charge in [-0.2, -0.15) is 0 Å². The lowest BCUT2D eigenvalue weighted by molar-refractivity contribution is -0.151. The molecule has 0 radical (unpaired) electrons. The van der Waals surface area contributed by atoms with Gasteiger partial charge in [-0.05, 0) is 13.8 Å². The maximum Gasteiger partial charge on any atom is 0.305 e. The fourth-order valence-corrected chi connectivity index (χ4v) is 0.810. The van der Waals surface area contributed by atoms with E-state index in [1.807, 2.05) is 13.8 Å². The van der Waals surface area contributed by atoms with Crippen LogP contribution in [0.25, 0.3) is 0 Å². The fraction of sp³-hybridized carbons (Fsp3) is 0.900. The number of esters is 1. The van der Waals surface area contributed by atoms with Crippen LogP contribution in [0.5, 0.6) is 0 Å². The van der Waals surface area contributed by atoms with Crippen molar-refractivity contribution in [1.29, 1.82) is 0 Å². The quantitative estimate of drug-likeness (QED) is 0.588. The van der Waals surface area contributed by atoms with Crippen LogP contribution in [0.3, 0.4) is 0 Å². The van der Waals surface area contributed by atoms with Crippen molar-refractivity contribution >= 4 is 5.97 Å². The van der Waals surface area contributed by atoms with Gasteiger partial charge >= 0.3 is 5.97 Å². The molecule has 0 aromatic carbocycles. The molecule has 14 heavy (non-hydrogen) atoms. The molecular formula is C10H20O4. The Kier molecular flexibility index (Phi) is 7.42. The van der Waals surface area contributed by atoms with Gasteiger partial charge in [0.05, 0.1) is 19.3 Å². The third-order valence-electron chi connectivity index (χ3n) is 1.73. The highest BCUT2D eigenvalue weighted by molar-refractivity contribution is 5.69. The van der Waals surface area contributed by atoms with Crippen LogP contribution >= 0.6 is 0 Å². The van der Waals surface area contributed by atoms with Crippen molar-refractivity contribution in [2.24, 2.45) is 0 Å². The van der Waals surface area contributed by atoms with Crippen LogP contribution in [0.1, 0.15) is 27.2 Å². The summed E-state index contributed by atoms with van der Waals surface area (Å²) in [6.45, 7) is 6.43. The van der Waals surface area contributed by atoms with E-state index < -0.39 is 0 Å². The van der Waals surface area contributed by atoms with Crippen LogP contribution in [0.15, 0.2) is 0 Å². The number of methoxy groups -OCH3 is 1. The van der Waals surface area contributed by atoms with Crippen molar-refractivity contribution in [3.05, 3.63) is 0 Å². The lowest BCUT2D eigenvalue weighted by Gasteiger charge is -2.15. The molecule has 0 spiro atoms. The predicted molar refractivity (Wildman–Crippen MR) is 53.1 cm³/mol. The number of carbonyl (C=O) groups excluding carboxylic acids is 1. The maximum atomic E-state index is 10.9. The summed E-state index contributed by atoms with van der Waals surface area (Å²) in [6.07, 6.45) is 0.286. The summed E-state index contributed by atoms with van der Waals surface area (Å²) in [4.78, 5) is 10.9. The van der Waals surface area contributed by atoms with E-state index in [9.17, 15) is 4.79 Å². The minimum absolute atomic E-state index is 0.0732. The number of rotatable bonds is 7. The van der Waals surface area contributed by atoms with Gasteiger partial charge in [-0.25, -0.2) is 0 Å². The Balaban J connectivity index is 3.44. The standard InChI is InChI=1S/C10H20O4/c1-5-10(11)14-9(3)7-13-6-8(2)12-4/h8-9H,5-7H2,1-4H3. The molecule has 0 aliphatic heterocycles. The molecule has 4 heteroatoms. The Labute approximate surface area is 85.5 Å². The second-order valence-corrected chi connectivity index (χ2v) is 3.24. The van der Waals surface area contributed by atoms with E-state index in [1.165, 1.54) is 0 Å². The summed E-state index contributed by atoms with van der Waals surface area (Å²) in [5.41, 5.74) is 0. The van der Waals surface area contributed by atoms with Gasteiger partial charge in [-0.1, -0.05) is 6.92 Å². The van der Waals surface area contributed by atoms with Crippen molar-refractivity contribution in [3.8, 4) is 0 Å².